The van der Waals surface area contributed by atoms with Gasteiger partial charge < -0.3 is 14.8 Å². The number of rotatable bonds is 7. The number of halogens is 2. The van der Waals surface area contributed by atoms with E-state index in [0.717, 1.165) is 16.8 Å². The number of hydrogen-bond donors (Lipinski definition) is 2. The number of methoxy groups -OCH3 is 1. The summed E-state index contributed by atoms with van der Waals surface area (Å²) < 4.78 is 11.3. The van der Waals surface area contributed by atoms with Gasteiger partial charge in [-0.15, -0.1) is 0 Å². The second-order valence-electron chi connectivity index (χ2n) is 6.12. The van der Waals surface area contributed by atoms with Crippen LogP contribution in [0.4, 0.5) is 5.69 Å². The lowest BCUT2D eigenvalue weighted by Gasteiger charge is -2.12. The Morgan fingerprint density at radius 1 is 1.03 bits per heavy atom. The highest BCUT2D eigenvalue weighted by Crippen LogP contribution is 2.29. The number of nitrogens with one attached hydrogen (secondary N) is 2. The van der Waals surface area contributed by atoms with Crippen LogP contribution in [0.25, 0.3) is 0 Å². The first-order chi connectivity index (χ1) is 14.5. The first-order valence-corrected chi connectivity index (χ1v) is 10.1. The molecule has 0 heterocycles. The van der Waals surface area contributed by atoms with Gasteiger partial charge in [0, 0.05) is 21.3 Å². The Labute approximate surface area is 190 Å². The Bertz CT molecular complexity index is 1050. The van der Waals surface area contributed by atoms with Crippen molar-refractivity contribution in [3.05, 3.63) is 87.9 Å². The van der Waals surface area contributed by atoms with E-state index in [4.69, 9.17) is 44.9 Å². The van der Waals surface area contributed by atoms with Crippen LogP contribution in [0, 0.1) is 0 Å². The topological polar surface area (TPSA) is 54.9 Å². The van der Waals surface area contributed by atoms with E-state index in [2.05, 4.69) is 15.8 Å². The van der Waals surface area contributed by atoms with E-state index >= 15 is 0 Å². The number of hydrazone groups is 1. The van der Waals surface area contributed by atoms with E-state index in [9.17, 15) is 0 Å². The normalized spacial score (nSPS) is 10.6. The van der Waals surface area contributed by atoms with E-state index in [-0.39, 0.29) is 0 Å². The van der Waals surface area contributed by atoms with Crippen molar-refractivity contribution < 1.29 is 9.47 Å². The van der Waals surface area contributed by atoms with Gasteiger partial charge in [0.2, 0.25) is 0 Å². The van der Waals surface area contributed by atoms with Gasteiger partial charge in [-0.3, -0.25) is 5.43 Å². The van der Waals surface area contributed by atoms with Crippen molar-refractivity contribution in [2.24, 2.45) is 5.10 Å². The monoisotopic (exact) mass is 459 g/mol. The molecule has 3 aromatic carbocycles. The van der Waals surface area contributed by atoms with Gasteiger partial charge in [0.25, 0.3) is 0 Å². The minimum atomic E-state index is 0.292. The minimum Gasteiger partial charge on any atom is -0.493 e. The first-order valence-electron chi connectivity index (χ1n) is 8.95. The van der Waals surface area contributed by atoms with E-state index in [1.165, 1.54) is 0 Å². The lowest BCUT2D eigenvalue weighted by molar-refractivity contribution is 0.284. The van der Waals surface area contributed by atoms with Gasteiger partial charge in [-0.2, -0.15) is 5.10 Å². The maximum atomic E-state index is 6.19. The standard InChI is InChI=1S/C22H19Cl2N3O2S/c1-28-21-11-15(13-25-27-22(30)26-18-5-3-2-4-6-18)7-10-20(21)29-14-16-8-9-17(23)12-19(16)24/h2-13H,14H2,1H3,(H2,26,27,30)/b25-13-. The van der Waals surface area contributed by atoms with Gasteiger partial charge >= 0.3 is 0 Å². The zero-order valence-corrected chi connectivity index (χ0v) is 18.4. The van der Waals surface area contributed by atoms with Gasteiger partial charge in [-0.25, -0.2) is 0 Å². The maximum absolute atomic E-state index is 6.19. The smallest absolute Gasteiger partial charge is 0.191 e. The summed E-state index contributed by atoms with van der Waals surface area (Å²) in [7, 11) is 1.58. The van der Waals surface area contributed by atoms with Crippen LogP contribution in [0.2, 0.25) is 10.0 Å². The summed E-state index contributed by atoms with van der Waals surface area (Å²) in [5.74, 6) is 1.17. The third kappa shape index (κ3) is 6.35. The Morgan fingerprint density at radius 3 is 2.57 bits per heavy atom. The molecule has 0 radical (unpaired) electrons. The second-order valence-corrected chi connectivity index (χ2v) is 7.38. The van der Waals surface area contributed by atoms with Crippen LogP contribution in [0.15, 0.2) is 71.8 Å². The SMILES string of the molecule is COc1cc(/C=N\NC(=S)Nc2ccccc2)ccc1OCc1ccc(Cl)cc1Cl. The summed E-state index contributed by atoms with van der Waals surface area (Å²) in [6.07, 6.45) is 1.64. The zero-order chi connectivity index (χ0) is 21.3. The van der Waals surface area contributed by atoms with Gasteiger partial charge in [0.1, 0.15) is 6.61 Å². The molecule has 0 aliphatic rings. The zero-order valence-electron chi connectivity index (χ0n) is 16.1. The number of ether oxygens (including phenoxy) is 2. The molecule has 3 rings (SSSR count). The maximum Gasteiger partial charge on any atom is 0.191 e. The van der Waals surface area contributed by atoms with Crippen LogP contribution in [-0.4, -0.2) is 18.4 Å². The van der Waals surface area contributed by atoms with E-state index < -0.39 is 0 Å². The van der Waals surface area contributed by atoms with Crippen molar-refractivity contribution in [3.8, 4) is 11.5 Å². The third-order valence-electron chi connectivity index (χ3n) is 4.00. The number of para-hydroxylation sites is 1. The van der Waals surface area contributed by atoms with Gasteiger partial charge in [0.05, 0.1) is 13.3 Å². The predicted octanol–water partition coefficient (Wildman–Crippen LogP) is 5.90. The Hall–Kier alpha value is -2.80. The van der Waals surface area contributed by atoms with Gasteiger partial charge in [-0.05, 0) is 60.2 Å². The summed E-state index contributed by atoms with van der Waals surface area (Å²) >= 11 is 17.3. The summed E-state index contributed by atoms with van der Waals surface area (Å²) in [5.41, 5.74) is 5.31. The molecule has 8 heteroatoms. The van der Waals surface area contributed by atoms with Crippen molar-refractivity contribution in [3.63, 3.8) is 0 Å². The van der Waals surface area contributed by atoms with Crippen molar-refractivity contribution >= 4 is 52.4 Å². The van der Waals surface area contributed by atoms with E-state index in [1.807, 2.05) is 54.6 Å². The van der Waals surface area contributed by atoms with Gasteiger partial charge in [0.15, 0.2) is 16.6 Å². The minimum absolute atomic E-state index is 0.292. The third-order valence-corrected chi connectivity index (χ3v) is 4.78. The molecular weight excluding hydrogens is 441 g/mol. The van der Waals surface area contributed by atoms with Crippen molar-refractivity contribution in [2.45, 2.75) is 6.61 Å². The molecule has 2 N–H and O–H groups in total. The molecule has 0 unspecified atom stereocenters. The van der Waals surface area contributed by atoms with Gasteiger partial charge in [-0.1, -0.05) is 47.5 Å². The summed E-state index contributed by atoms with van der Waals surface area (Å²) in [4.78, 5) is 0. The van der Waals surface area contributed by atoms with Crippen LogP contribution in [0.1, 0.15) is 11.1 Å². The molecule has 3 aromatic rings. The second kappa shape index (κ2) is 10.8. The number of anilines is 1. The molecule has 0 aliphatic carbocycles. The van der Waals surface area contributed by atoms with Crippen LogP contribution >= 0.6 is 35.4 Å². The lowest BCUT2D eigenvalue weighted by atomic mass is 10.2. The number of thiocarbonyl (C=S) groups is 1. The number of nitrogens with zero attached hydrogens (tertiary/aromatic N) is 1. The first kappa shape index (κ1) is 21.9. The van der Waals surface area contributed by atoms with Crippen molar-refractivity contribution in [2.75, 3.05) is 12.4 Å². The molecule has 0 atom stereocenters. The molecule has 30 heavy (non-hydrogen) atoms. The fraction of sp³-hybridized carbons (Fsp3) is 0.0909. The molecule has 0 aromatic heterocycles. The molecule has 5 nitrogen and oxygen atoms in total. The average molecular weight is 460 g/mol. The highest BCUT2D eigenvalue weighted by Gasteiger charge is 2.08. The molecule has 0 saturated heterocycles. The molecule has 0 amide bonds. The predicted molar refractivity (Wildman–Crippen MR) is 127 cm³/mol. The molecular formula is C22H19Cl2N3O2S. The number of benzene rings is 3. The van der Waals surface area contributed by atoms with E-state index in [0.29, 0.717) is 33.3 Å². The number of hydrogen-bond acceptors (Lipinski definition) is 4. The van der Waals surface area contributed by atoms with Crippen molar-refractivity contribution in [1.29, 1.82) is 0 Å². The lowest BCUT2D eigenvalue weighted by Crippen LogP contribution is -2.23. The Kier molecular flexibility index (Phi) is 7.90. The fourth-order valence-corrected chi connectivity index (χ4v) is 3.16. The molecule has 154 valence electrons. The molecule has 0 saturated carbocycles. The largest absolute Gasteiger partial charge is 0.493 e. The van der Waals surface area contributed by atoms with E-state index in [1.54, 1.807) is 25.5 Å². The van der Waals surface area contributed by atoms with Crippen LogP contribution < -0.4 is 20.2 Å². The quantitative estimate of drug-likeness (QED) is 0.261. The molecule has 0 fully saturated rings. The average Bonchev–Trinajstić information content (AvgIpc) is 2.74. The van der Waals surface area contributed by atoms with Crippen LogP contribution in [0.3, 0.4) is 0 Å². The highest BCUT2D eigenvalue weighted by atomic mass is 35.5. The summed E-state index contributed by atoms with van der Waals surface area (Å²) in [6.45, 7) is 0.292. The molecule has 0 spiro atoms. The van der Waals surface area contributed by atoms with Crippen LogP contribution in [-0.2, 0) is 6.61 Å². The Balaban J connectivity index is 1.59. The fourth-order valence-electron chi connectivity index (χ4n) is 2.52. The molecule has 0 aliphatic heterocycles. The molecule has 0 bridgehead atoms. The van der Waals surface area contributed by atoms with Crippen molar-refractivity contribution in [1.82, 2.24) is 5.43 Å². The summed E-state index contributed by atoms with van der Waals surface area (Å²) in [5, 5.41) is 8.72. The summed E-state index contributed by atoms with van der Waals surface area (Å²) in [6, 6.07) is 20.4. The Morgan fingerprint density at radius 2 is 1.83 bits per heavy atom. The highest BCUT2D eigenvalue weighted by molar-refractivity contribution is 7.80. The van der Waals surface area contributed by atoms with Crippen LogP contribution in [0.5, 0.6) is 11.5 Å².